The van der Waals surface area contributed by atoms with E-state index in [1.165, 1.54) is 18.3 Å². The van der Waals surface area contributed by atoms with Crippen LogP contribution in [0.4, 0.5) is 11.4 Å². The van der Waals surface area contributed by atoms with Gasteiger partial charge in [0.05, 0.1) is 22.7 Å². The maximum absolute atomic E-state index is 12.2. The molecule has 1 aromatic heterocycles. The van der Waals surface area contributed by atoms with Crippen molar-refractivity contribution >= 4 is 33.2 Å². The summed E-state index contributed by atoms with van der Waals surface area (Å²) in [7, 11) is 0. The van der Waals surface area contributed by atoms with Gasteiger partial charge in [-0.2, -0.15) is 0 Å². The maximum atomic E-state index is 12.2. The highest BCUT2D eigenvalue weighted by Gasteiger charge is 2.18. The summed E-state index contributed by atoms with van der Waals surface area (Å²) in [6, 6.07) is 9.50. The average molecular weight is 350 g/mol. The third-order valence-electron chi connectivity index (χ3n) is 2.97. The van der Waals surface area contributed by atoms with E-state index in [1.54, 1.807) is 31.2 Å². The minimum Gasteiger partial charge on any atom is -0.324 e. The molecule has 7 heteroatoms. The van der Waals surface area contributed by atoms with Crippen LogP contribution < -0.4 is 5.32 Å². The van der Waals surface area contributed by atoms with Crippen molar-refractivity contribution in [3.05, 3.63) is 62.9 Å². The van der Waals surface area contributed by atoms with Gasteiger partial charge < -0.3 is 5.32 Å². The van der Waals surface area contributed by atoms with Gasteiger partial charge in [0.15, 0.2) is 0 Å². The number of pyridine rings is 1. The summed E-state index contributed by atoms with van der Waals surface area (Å²) in [6.45, 7) is 1.70. The first-order valence-electron chi connectivity index (χ1n) is 6.14. The van der Waals surface area contributed by atoms with Crippen molar-refractivity contribution in [2.24, 2.45) is 0 Å². The quantitative estimate of drug-likeness (QED) is 0.520. The molecular formula is C14H12BrN3O3. The van der Waals surface area contributed by atoms with E-state index in [4.69, 9.17) is 0 Å². The molecule has 0 spiro atoms. The fourth-order valence-electron chi connectivity index (χ4n) is 1.76. The first-order chi connectivity index (χ1) is 9.97. The molecule has 2 rings (SSSR count). The first kappa shape index (κ1) is 15.1. The van der Waals surface area contributed by atoms with Crippen LogP contribution in [0.15, 0.2) is 47.2 Å². The Morgan fingerprint density at radius 3 is 2.76 bits per heavy atom. The van der Waals surface area contributed by atoms with E-state index in [1.807, 2.05) is 0 Å². The third kappa shape index (κ3) is 3.85. The summed E-state index contributed by atoms with van der Waals surface area (Å²) in [5.41, 5.74) is 1.13. The van der Waals surface area contributed by atoms with Crippen molar-refractivity contribution in [2.45, 2.75) is 12.8 Å². The predicted molar refractivity (Wildman–Crippen MR) is 82.1 cm³/mol. The number of nitrogens with zero attached hydrogens (tertiary/aromatic N) is 2. The van der Waals surface area contributed by atoms with Crippen LogP contribution in [0, 0.1) is 10.1 Å². The number of carbonyl (C=O) groups is 1. The molecule has 21 heavy (non-hydrogen) atoms. The molecule has 0 saturated heterocycles. The second-order valence-corrected chi connectivity index (χ2v) is 5.25. The lowest BCUT2D eigenvalue weighted by Crippen LogP contribution is -2.19. The second kappa shape index (κ2) is 6.45. The van der Waals surface area contributed by atoms with Gasteiger partial charge in [0.1, 0.15) is 4.60 Å². The zero-order valence-corrected chi connectivity index (χ0v) is 12.7. The number of amides is 1. The lowest BCUT2D eigenvalue weighted by Gasteiger charge is -2.12. The number of rotatable bonds is 4. The minimum absolute atomic E-state index is 0.0301. The Balaban J connectivity index is 2.13. The molecule has 0 aliphatic rings. The number of aromatic nitrogens is 1. The number of non-ortho nitro benzene ring substituents is 1. The summed E-state index contributed by atoms with van der Waals surface area (Å²) in [6.07, 6.45) is 1.53. The Kier molecular flexibility index (Phi) is 4.64. The Bertz CT molecular complexity index is 673. The van der Waals surface area contributed by atoms with Gasteiger partial charge in [0.2, 0.25) is 5.91 Å². The number of nitrogens with one attached hydrogen (secondary N) is 1. The summed E-state index contributed by atoms with van der Waals surface area (Å²) >= 11 is 3.21. The highest BCUT2D eigenvalue weighted by atomic mass is 79.9. The van der Waals surface area contributed by atoms with Crippen LogP contribution in [0.1, 0.15) is 18.4 Å². The van der Waals surface area contributed by atoms with E-state index >= 15 is 0 Å². The molecule has 1 heterocycles. The molecule has 108 valence electrons. The van der Waals surface area contributed by atoms with Crippen LogP contribution in [0.5, 0.6) is 0 Å². The third-order valence-corrected chi connectivity index (χ3v) is 3.44. The summed E-state index contributed by atoms with van der Waals surface area (Å²) in [5, 5.41) is 13.5. The van der Waals surface area contributed by atoms with Crippen LogP contribution in [-0.4, -0.2) is 15.8 Å². The van der Waals surface area contributed by atoms with Crippen LogP contribution >= 0.6 is 15.9 Å². The fourth-order valence-corrected chi connectivity index (χ4v) is 1.99. The Morgan fingerprint density at radius 2 is 2.14 bits per heavy atom. The summed E-state index contributed by atoms with van der Waals surface area (Å²) in [5.74, 6) is -0.756. The van der Waals surface area contributed by atoms with Gasteiger partial charge in [-0.05, 0) is 40.5 Å². The Hall–Kier alpha value is -2.28. The highest BCUT2D eigenvalue weighted by molar-refractivity contribution is 9.10. The molecule has 0 saturated carbocycles. The molecule has 0 aliphatic carbocycles. The van der Waals surface area contributed by atoms with Crippen molar-refractivity contribution in [1.82, 2.24) is 4.98 Å². The lowest BCUT2D eigenvalue weighted by atomic mass is 10.00. The first-order valence-corrected chi connectivity index (χ1v) is 6.93. The van der Waals surface area contributed by atoms with E-state index in [2.05, 4.69) is 26.2 Å². The molecular weight excluding hydrogens is 338 g/mol. The van der Waals surface area contributed by atoms with E-state index in [0.29, 0.717) is 15.9 Å². The second-order valence-electron chi connectivity index (χ2n) is 4.43. The smallest absolute Gasteiger partial charge is 0.269 e. The van der Waals surface area contributed by atoms with Crippen molar-refractivity contribution in [1.29, 1.82) is 0 Å². The molecule has 1 atom stereocenters. The van der Waals surface area contributed by atoms with E-state index in [9.17, 15) is 14.9 Å². The van der Waals surface area contributed by atoms with Crippen LogP contribution in [-0.2, 0) is 4.79 Å². The standard InChI is InChI=1S/C14H12BrN3O3/c1-9(10-3-2-4-12(7-10)18(20)21)14(19)17-11-5-6-13(15)16-8-11/h2-9H,1H3,(H,17,19). The van der Waals surface area contributed by atoms with Gasteiger partial charge in [0, 0.05) is 12.1 Å². The molecule has 0 bridgehead atoms. The SMILES string of the molecule is CC(C(=O)Nc1ccc(Br)nc1)c1cccc([N+](=O)[O-])c1. The molecule has 1 aromatic carbocycles. The van der Waals surface area contributed by atoms with Crippen molar-refractivity contribution in [3.8, 4) is 0 Å². The van der Waals surface area contributed by atoms with Gasteiger partial charge in [-0.1, -0.05) is 12.1 Å². The Morgan fingerprint density at radius 1 is 1.38 bits per heavy atom. The summed E-state index contributed by atoms with van der Waals surface area (Å²) in [4.78, 5) is 26.5. The van der Waals surface area contributed by atoms with Gasteiger partial charge in [0.25, 0.3) is 5.69 Å². The zero-order chi connectivity index (χ0) is 15.4. The van der Waals surface area contributed by atoms with E-state index < -0.39 is 10.8 Å². The number of hydrogen-bond acceptors (Lipinski definition) is 4. The van der Waals surface area contributed by atoms with Gasteiger partial charge in [-0.3, -0.25) is 14.9 Å². The van der Waals surface area contributed by atoms with Crippen molar-refractivity contribution < 1.29 is 9.72 Å². The predicted octanol–water partition coefficient (Wildman–Crippen LogP) is 3.49. The van der Waals surface area contributed by atoms with Gasteiger partial charge >= 0.3 is 0 Å². The highest BCUT2D eigenvalue weighted by Crippen LogP contribution is 2.22. The molecule has 0 fully saturated rings. The van der Waals surface area contributed by atoms with Gasteiger partial charge in [-0.25, -0.2) is 4.98 Å². The zero-order valence-electron chi connectivity index (χ0n) is 11.1. The molecule has 6 nitrogen and oxygen atoms in total. The molecule has 1 amide bonds. The number of halogens is 1. The van der Waals surface area contributed by atoms with Gasteiger partial charge in [-0.15, -0.1) is 0 Å². The lowest BCUT2D eigenvalue weighted by molar-refractivity contribution is -0.384. The maximum Gasteiger partial charge on any atom is 0.269 e. The number of hydrogen-bond donors (Lipinski definition) is 1. The number of nitro groups is 1. The fraction of sp³-hybridized carbons (Fsp3) is 0.143. The average Bonchev–Trinajstić information content (AvgIpc) is 2.49. The normalized spacial score (nSPS) is 11.7. The molecule has 1 unspecified atom stereocenters. The number of benzene rings is 1. The van der Waals surface area contributed by atoms with Crippen LogP contribution in [0.3, 0.4) is 0 Å². The molecule has 2 aromatic rings. The number of nitro benzene ring substituents is 1. The Labute approximate surface area is 129 Å². The molecule has 0 aliphatic heterocycles. The number of carbonyl (C=O) groups excluding carboxylic acids is 1. The van der Waals surface area contributed by atoms with E-state index in [0.717, 1.165) is 0 Å². The van der Waals surface area contributed by atoms with E-state index in [-0.39, 0.29) is 11.6 Å². The van der Waals surface area contributed by atoms with Crippen molar-refractivity contribution in [2.75, 3.05) is 5.32 Å². The topological polar surface area (TPSA) is 85.1 Å². The van der Waals surface area contributed by atoms with Crippen LogP contribution in [0.25, 0.3) is 0 Å². The van der Waals surface area contributed by atoms with Crippen molar-refractivity contribution in [3.63, 3.8) is 0 Å². The monoisotopic (exact) mass is 349 g/mol. The molecule has 0 radical (unpaired) electrons. The minimum atomic E-state index is -0.506. The van der Waals surface area contributed by atoms with Crippen LogP contribution in [0.2, 0.25) is 0 Å². The summed E-state index contributed by atoms with van der Waals surface area (Å²) < 4.78 is 0.673. The largest absolute Gasteiger partial charge is 0.324 e. The molecule has 1 N–H and O–H groups in total. The number of anilines is 1.